The van der Waals surface area contributed by atoms with E-state index in [-0.39, 0.29) is 0 Å². The summed E-state index contributed by atoms with van der Waals surface area (Å²) in [7, 11) is 12.8. The molecule has 84 valence electrons. The van der Waals surface area contributed by atoms with Crippen molar-refractivity contribution in [1.29, 1.82) is 0 Å². The summed E-state index contributed by atoms with van der Waals surface area (Å²) in [6.07, 6.45) is 11.7. The SMILES string of the molecule is C1=CC=CSSSSSSSCCC=C1. The van der Waals surface area contributed by atoms with E-state index in [0.29, 0.717) is 0 Å². The molecule has 0 aliphatic carbocycles. The maximum absolute atomic E-state index is 2.21. The Morgan fingerprint density at radius 3 is 2.53 bits per heavy atom. The minimum absolute atomic E-state index is 1.15. The fourth-order valence-electron chi connectivity index (χ4n) is 0.623. The van der Waals surface area contributed by atoms with Crippen molar-refractivity contribution in [3.8, 4) is 0 Å². The lowest BCUT2D eigenvalue weighted by Crippen LogP contribution is -1.68. The van der Waals surface area contributed by atoms with Gasteiger partial charge in [-0.3, -0.25) is 0 Å². The Morgan fingerprint density at radius 2 is 1.53 bits per heavy atom. The Balaban J connectivity index is 2.25. The van der Waals surface area contributed by atoms with Gasteiger partial charge in [0, 0.05) is 5.75 Å². The van der Waals surface area contributed by atoms with E-state index in [4.69, 9.17) is 0 Å². The first-order chi connectivity index (χ1) is 7.50. The second-order valence-corrected chi connectivity index (χ2v) is 13.4. The first kappa shape index (κ1) is 14.7. The molecule has 15 heavy (non-hydrogen) atoms. The fourth-order valence-corrected chi connectivity index (χ4v) is 14.1. The van der Waals surface area contributed by atoms with Crippen LogP contribution in [0.4, 0.5) is 0 Å². The molecule has 0 radical (unpaired) electrons. The molecule has 1 aliphatic rings. The largest absolute Gasteiger partial charge is 0.0837 e. The zero-order valence-electron chi connectivity index (χ0n) is 7.74. The maximum atomic E-state index is 2.21. The van der Waals surface area contributed by atoms with Crippen molar-refractivity contribution in [3.05, 3.63) is 35.8 Å². The number of hydrogen-bond donors (Lipinski definition) is 0. The lowest BCUT2D eigenvalue weighted by Gasteiger charge is -1.96. The molecule has 0 spiro atoms. The summed E-state index contributed by atoms with van der Waals surface area (Å²) in [5.41, 5.74) is 0. The molecular weight excluding hydrogens is 321 g/mol. The van der Waals surface area contributed by atoms with Gasteiger partial charge >= 0.3 is 0 Å². The highest BCUT2D eigenvalue weighted by Crippen LogP contribution is 2.55. The highest BCUT2D eigenvalue weighted by atomic mass is 33.9. The van der Waals surface area contributed by atoms with Crippen molar-refractivity contribution >= 4 is 70.7 Å². The van der Waals surface area contributed by atoms with Crippen molar-refractivity contribution in [2.45, 2.75) is 6.42 Å². The molecule has 7 heteroatoms. The summed E-state index contributed by atoms with van der Waals surface area (Å²) < 4.78 is 0. The topological polar surface area (TPSA) is 0 Å². The summed E-state index contributed by atoms with van der Waals surface area (Å²) >= 11 is 0. The average Bonchev–Trinajstić information content (AvgIpc) is 2.27. The van der Waals surface area contributed by atoms with Crippen LogP contribution in [-0.4, -0.2) is 5.75 Å². The minimum Gasteiger partial charge on any atom is -0.0837 e. The van der Waals surface area contributed by atoms with E-state index < -0.39 is 0 Å². The Hall–Kier alpha value is 1.67. The Morgan fingerprint density at radius 1 is 0.733 bits per heavy atom. The van der Waals surface area contributed by atoms with Crippen LogP contribution in [0.3, 0.4) is 0 Å². The second kappa shape index (κ2) is 12.1. The zero-order valence-corrected chi connectivity index (χ0v) is 13.5. The lowest BCUT2D eigenvalue weighted by atomic mass is 10.4. The molecule has 0 saturated carbocycles. The summed E-state index contributed by atoms with van der Waals surface area (Å²) in [4.78, 5) is 0. The Bertz CT molecular complexity index is 201. The van der Waals surface area contributed by atoms with Crippen LogP contribution < -0.4 is 0 Å². The summed E-state index contributed by atoms with van der Waals surface area (Å²) in [5.74, 6) is 1.19. The minimum atomic E-state index is 1.15. The van der Waals surface area contributed by atoms with E-state index in [2.05, 4.69) is 35.8 Å². The molecule has 0 amide bonds. The monoisotopic (exact) mass is 330 g/mol. The van der Waals surface area contributed by atoms with Gasteiger partial charge in [0.15, 0.2) is 0 Å². The van der Waals surface area contributed by atoms with E-state index in [0.717, 1.165) is 6.42 Å². The van der Waals surface area contributed by atoms with Crippen molar-refractivity contribution < 1.29 is 0 Å². The first-order valence-electron chi connectivity index (χ1n) is 4.10. The normalized spacial score (nSPS) is 20.8. The van der Waals surface area contributed by atoms with Crippen LogP contribution in [0.25, 0.3) is 0 Å². The van der Waals surface area contributed by atoms with Gasteiger partial charge < -0.3 is 0 Å². The van der Waals surface area contributed by atoms with Gasteiger partial charge in [-0.05, 0) is 61.0 Å². The van der Waals surface area contributed by atoms with Crippen molar-refractivity contribution in [2.75, 3.05) is 5.75 Å². The van der Waals surface area contributed by atoms with Crippen LogP contribution in [0.5, 0.6) is 0 Å². The Labute approximate surface area is 117 Å². The van der Waals surface area contributed by atoms with Gasteiger partial charge in [-0.2, -0.15) is 0 Å². The molecule has 0 atom stereocenters. The third-order valence-electron chi connectivity index (χ3n) is 1.17. The van der Waals surface area contributed by atoms with Crippen LogP contribution in [0, 0.1) is 0 Å². The van der Waals surface area contributed by atoms with Crippen LogP contribution in [-0.2, 0) is 0 Å². The van der Waals surface area contributed by atoms with Crippen molar-refractivity contribution in [2.24, 2.45) is 0 Å². The molecule has 0 aromatic carbocycles. The third kappa shape index (κ3) is 10.5. The predicted molar refractivity (Wildman–Crippen MR) is 90.0 cm³/mol. The lowest BCUT2D eigenvalue weighted by molar-refractivity contribution is 1.25. The van der Waals surface area contributed by atoms with Crippen molar-refractivity contribution in [1.82, 2.24) is 0 Å². The molecule has 1 heterocycles. The summed E-state index contributed by atoms with van der Waals surface area (Å²) in [5, 5.41) is 2.11. The predicted octanol–water partition coefficient (Wildman–Crippen LogP) is 6.64. The fraction of sp³-hybridized carbons (Fsp3) is 0.250. The van der Waals surface area contributed by atoms with Crippen LogP contribution in [0.15, 0.2) is 35.8 Å². The molecular formula is C8H10S7. The van der Waals surface area contributed by atoms with Crippen LogP contribution >= 0.6 is 70.7 Å². The molecule has 0 N–H and O–H groups in total. The molecule has 0 bridgehead atoms. The number of hydrogen-bond acceptors (Lipinski definition) is 7. The first-order valence-corrected chi connectivity index (χ1v) is 13.1. The van der Waals surface area contributed by atoms with Gasteiger partial charge in [0.25, 0.3) is 0 Å². The van der Waals surface area contributed by atoms with Gasteiger partial charge in [-0.1, -0.05) is 52.0 Å². The Kier molecular flexibility index (Phi) is 11.9. The van der Waals surface area contributed by atoms with E-state index in [1.807, 2.05) is 50.1 Å². The number of allylic oxidation sites excluding steroid dienone is 5. The average molecular weight is 331 g/mol. The van der Waals surface area contributed by atoms with Crippen LogP contribution in [0.1, 0.15) is 6.42 Å². The number of rotatable bonds is 0. The zero-order chi connectivity index (χ0) is 10.6. The van der Waals surface area contributed by atoms with Crippen molar-refractivity contribution in [3.63, 3.8) is 0 Å². The van der Waals surface area contributed by atoms with Gasteiger partial charge in [0.05, 0.1) is 0 Å². The molecule has 0 fully saturated rings. The molecule has 0 unspecified atom stereocenters. The van der Waals surface area contributed by atoms with Gasteiger partial charge in [-0.15, -0.1) is 0 Å². The molecule has 0 nitrogen and oxygen atoms in total. The van der Waals surface area contributed by atoms with Gasteiger partial charge in [-0.25, -0.2) is 0 Å². The quantitative estimate of drug-likeness (QED) is 0.451. The standard InChI is InChI=1S/C8H10S7/c1-2-4-6-8-10-12-14-15-13-11-9-7-5-3-1/h1-5,7H,6,8H2. The molecule has 0 aromatic heterocycles. The van der Waals surface area contributed by atoms with Gasteiger partial charge in [0.2, 0.25) is 0 Å². The summed E-state index contributed by atoms with van der Waals surface area (Å²) in [6.45, 7) is 0. The van der Waals surface area contributed by atoms with E-state index in [1.165, 1.54) is 5.75 Å². The molecule has 0 saturated heterocycles. The summed E-state index contributed by atoms with van der Waals surface area (Å²) in [6, 6.07) is 0. The molecule has 1 rings (SSSR count). The van der Waals surface area contributed by atoms with E-state index in [9.17, 15) is 0 Å². The molecule has 1 aliphatic heterocycles. The molecule has 0 aromatic rings. The van der Waals surface area contributed by atoms with Gasteiger partial charge in [0.1, 0.15) is 0 Å². The third-order valence-corrected chi connectivity index (χ3v) is 13.8. The highest BCUT2D eigenvalue weighted by molar-refractivity contribution is 9.46. The second-order valence-electron chi connectivity index (χ2n) is 2.19. The van der Waals surface area contributed by atoms with E-state index in [1.54, 1.807) is 20.6 Å². The smallest absolute Gasteiger partial charge is 0.00801 e. The van der Waals surface area contributed by atoms with E-state index >= 15 is 0 Å². The van der Waals surface area contributed by atoms with Crippen LogP contribution in [0.2, 0.25) is 0 Å². The maximum Gasteiger partial charge on any atom is 0.00801 e. The highest BCUT2D eigenvalue weighted by Gasteiger charge is 1.94.